The molecule has 0 aliphatic carbocycles. The summed E-state index contributed by atoms with van der Waals surface area (Å²) in [6.07, 6.45) is 3.09. The first kappa shape index (κ1) is 17.9. The SMILES string of the molecule is O=C(Nc1nc(-c2ccccc2)cs1)c1cc(S(=O)(=O)N2CCCC2)c[nH]1. The number of aromatic nitrogens is 2. The number of nitrogens with zero attached hydrogens (tertiary/aromatic N) is 2. The van der Waals surface area contributed by atoms with E-state index in [9.17, 15) is 13.2 Å². The quantitative estimate of drug-likeness (QED) is 0.685. The van der Waals surface area contributed by atoms with Crippen molar-refractivity contribution in [2.24, 2.45) is 0 Å². The highest BCUT2D eigenvalue weighted by Gasteiger charge is 2.28. The zero-order chi connectivity index (χ0) is 18.9. The van der Waals surface area contributed by atoms with Gasteiger partial charge in [0.1, 0.15) is 10.6 Å². The van der Waals surface area contributed by atoms with E-state index in [1.54, 1.807) is 0 Å². The molecule has 7 nitrogen and oxygen atoms in total. The van der Waals surface area contributed by atoms with E-state index in [1.165, 1.54) is 27.9 Å². The summed E-state index contributed by atoms with van der Waals surface area (Å²) in [6.45, 7) is 1.05. The molecule has 27 heavy (non-hydrogen) atoms. The number of carbonyl (C=O) groups is 1. The van der Waals surface area contributed by atoms with Crippen LogP contribution in [0.3, 0.4) is 0 Å². The van der Waals surface area contributed by atoms with Crippen LogP contribution in [0.1, 0.15) is 23.3 Å². The van der Waals surface area contributed by atoms with Gasteiger partial charge in [0, 0.05) is 30.2 Å². The molecule has 0 atom stereocenters. The maximum absolute atomic E-state index is 12.6. The Hall–Kier alpha value is -2.49. The Balaban J connectivity index is 1.48. The number of anilines is 1. The van der Waals surface area contributed by atoms with E-state index in [-0.39, 0.29) is 10.6 Å². The highest BCUT2D eigenvalue weighted by atomic mass is 32.2. The lowest BCUT2D eigenvalue weighted by atomic mass is 10.2. The summed E-state index contributed by atoms with van der Waals surface area (Å²) in [5.41, 5.74) is 1.93. The second kappa shape index (κ2) is 7.26. The van der Waals surface area contributed by atoms with E-state index in [2.05, 4.69) is 15.3 Å². The molecule has 0 spiro atoms. The topological polar surface area (TPSA) is 95.2 Å². The molecule has 0 bridgehead atoms. The first-order chi connectivity index (χ1) is 13.0. The maximum Gasteiger partial charge on any atom is 0.273 e. The Labute approximate surface area is 161 Å². The molecule has 3 heterocycles. The summed E-state index contributed by atoms with van der Waals surface area (Å²) in [6, 6.07) is 11.0. The van der Waals surface area contributed by atoms with Crippen LogP contribution in [0.2, 0.25) is 0 Å². The number of aromatic amines is 1. The molecule has 1 aliphatic heterocycles. The number of benzene rings is 1. The minimum atomic E-state index is -3.55. The van der Waals surface area contributed by atoms with Gasteiger partial charge >= 0.3 is 0 Å². The molecule has 140 valence electrons. The van der Waals surface area contributed by atoms with Gasteiger partial charge in [0.25, 0.3) is 5.91 Å². The Bertz CT molecular complexity index is 1050. The van der Waals surface area contributed by atoms with Gasteiger partial charge in [-0.2, -0.15) is 4.31 Å². The lowest BCUT2D eigenvalue weighted by Gasteiger charge is -2.13. The molecule has 2 N–H and O–H groups in total. The third kappa shape index (κ3) is 3.66. The van der Waals surface area contributed by atoms with Crippen LogP contribution in [0.25, 0.3) is 11.3 Å². The van der Waals surface area contributed by atoms with E-state index < -0.39 is 15.9 Å². The summed E-state index contributed by atoms with van der Waals surface area (Å²) >= 11 is 1.32. The highest BCUT2D eigenvalue weighted by molar-refractivity contribution is 7.89. The number of H-pyrrole nitrogens is 1. The molecule has 0 saturated carbocycles. The van der Waals surface area contributed by atoms with Crippen molar-refractivity contribution >= 4 is 32.4 Å². The summed E-state index contributed by atoms with van der Waals surface area (Å²) < 4.78 is 26.6. The molecular formula is C18H18N4O3S2. The second-order valence-corrected chi connectivity index (χ2v) is 9.01. The molecule has 1 aromatic carbocycles. The van der Waals surface area contributed by atoms with E-state index in [0.29, 0.717) is 18.2 Å². The predicted octanol–water partition coefficient (Wildman–Crippen LogP) is 3.18. The van der Waals surface area contributed by atoms with E-state index in [1.807, 2.05) is 35.7 Å². The molecular weight excluding hydrogens is 384 g/mol. The molecule has 9 heteroatoms. The van der Waals surface area contributed by atoms with Gasteiger partial charge in [-0.3, -0.25) is 10.1 Å². The summed E-state index contributed by atoms with van der Waals surface area (Å²) in [7, 11) is -3.55. The van der Waals surface area contributed by atoms with Crippen LogP contribution in [0.4, 0.5) is 5.13 Å². The average molecular weight is 403 g/mol. The van der Waals surface area contributed by atoms with Crippen molar-refractivity contribution in [2.45, 2.75) is 17.7 Å². The van der Waals surface area contributed by atoms with E-state index in [0.717, 1.165) is 24.1 Å². The molecule has 4 rings (SSSR count). The predicted molar refractivity (Wildman–Crippen MR) is 104 cm³/mol. The van der Waals surface area contributed by atoms with Gasteiger partial charge in [0.05, 0.1) is 5.69 Å². The number of nitrogens with one attached hydrogen (secondary N) is 2. The van der Waals surface area contributed by atoms with Crippen molar-refractivity contribution in [3.8, 4) is 11.3 Å². The van der Waals surface area contributed by atoms with Gasteiger partial charge in [-0.25, -0.2) is 13.4 Å². The van der Waals surface area contributed by atoms with Crippen LogP contribution in [-0.2, 0) is 10.0 Å². The smallest absolute Gasteiger partial charge is 0.273 e. The summed E-state index contributed by atoms with van der Waals surface area (Å²) in [5, 5.41) is 5.03. The highest BCUT2D eigenvalue weighted by Crippen LogP contribution is 2.25. The molecule has 2 aromatic heterocycles. The molecule has 1 amide bonds. The Kier molecular flexibility index (Phi) is 4.81. The fraction of sp³-hybridized carbons (Fsp3) is 0.222. The lowest BCUT2D eigenvalue weighted by Crippen LogP contribution is -2.27. The number of amides is 1. The van der Waals surface area contributed by atoms with Gasteiger partial charge in [0.15, 0.2) is 5.13 Å². The summed E-state index contributed by atoms with van der Waals surface area (Å²) in [4.78, 5) is 19.7. The Morgan fingerprint density at radius 1 is 1.19 bits per heavy atom. The number of rotatable bonds is 5. The maximum atomic E-state index is 12.6. The Morgan fingerprint density at radius 2 is 1.93 bits per heavy atom. The van der Waals surface area contributed by atoms with Gasteiger partial charge in [-0.05, 0) is 18.9 Å². The fourth-order valence-corrected chi connectivity index (χ4v) is 5.20. The number of hydrogen-bond acceptors (Lipinski definition) is 5. The number of thiazole rings is 1. The van der Waals surface area contributed by atoms with Crippen LogP contribution in [0.15, 0.2) is 52.9 Å². The van der Waals surface area contributed by atoms with Crippen LogP contribution < -0.4 is 5.32 Å². The van der Waals surface area contributed by atoms with Crippen molar-refractivity contribution in [3.63, 3.8) is 0 Å². The molecule has 0 radical (unpaired) electrons. The average Bonchev–Trinajstić information content (AvgIpc) is 3.42. The Morgan fingerprint density at radius 3 is 2.67 bits per heavy atom. The van der Waals surface area contributed by atoms with Crippen molar-refractivity contribution < 1.29 is 13.2 Å². The van der Waals surface area contributed by atoms with Crippen molar-refractivity contribution in [3.05, 3.63) is 53.7 Å². The first-order valence-corrected chi connectivity index (χ1v) is 10.9. The third-order valence-electron chi connectivity index (χ3n) is 4.40. The van der Waals surface area contributed by atoms with Gasteiger partial charge in [0.2, 0.25) is 10.0 Å². The number of sulfonamides is 1. The standard InChI is InChI=1S/C18H18N4O3S2/c23-17(21-18-20-16(12-26-18)13-6-2-1-3-7-13)15-10-14(11-19-15)27(24,25)22-8-4-5-9-22/h1-3,6-7,10-12,19H,4-5,8-9H2,(H,20,21,23). The van der Waals surface area contributed by atoms with Gasteiger partial charge < -0.3 is 4.98 Å². The fourth-order valence-electron chi connectivity index (χ4n) is 2.97. The molecule has 1 aliphatic rings. The minimum absolute atomic E-state index is 0.110. The monoisotopic (exact) mass is 402 g/mol. The lowest BCUT2D eigenvalue weighted by molar-refractivity contribution is 0.102. The van der Waals surface area contributed by atoms with Crippen molar-refractivity contribution in [1.29, 1.82) is 0 Å². The minimum Gasteiger partial charge on any atom is -0.356 e. The van der Waals surface area contributed by atoms with Gasteiger partial charge in [-0.15, -0.1) is 11.3 Å². The van der Waals surface area contributed by atoms with E-state index in [4.69, 9.17) is 0 Å². The molecule has 1 fully saturated rings. The largest absolute Gasteiger partial charge is 0.356 e. The van der Waals surface area contributed by atoms with E-state index >= 15 is 0 Å². The van der Waals surface area contributed by atoms with Crippen LogP contribution in [0.5, 0.6) is 0 Å². The third-order valence-corrected chi connectivity index (χ3v) is 7.03. The summed E-state index contributed by atoms with van der Waals surface area (Å²) in [5.74, 6) is -0.424. The zero-order valence-corrected chi connectivity index (χ0v) is 16.0. The first-order valence-electron chi connectivity index (χ1n) is 8.55. The van der Waals surface area contributed by atoms with Crippen LogP contribution in [-0.4, -0.2) is 41.7 Å². The normalized spacial score (nSPS) is 15.1. The number of hydrogen-bond donors (Lipinski definition) is 2. The molecule has 3 aromatic rings. The van der Waals surface area contributed by atoms with Crippen molar-refractivity contribution in [1.82, 2.24) is 14.3 Å². The molecule has 1 saturated heterocycles. The van der Waals surface area contributed by atoms with Crippen LogP contribution >= 0.6 is 11.3 Å². The van der Waals surface area contributed by atoms with Gasteiger partial charge in [-0.1, -0.05) is 30.3 Å². The van der Waals surface area contributed by atoms with Crippen molar-refractivity contribution in [2.75, 3.05) is 18.4 Å². The van der Waals surface area contributed by atoms with Crippen LogP contribution in [0, 0.1) is 0 Å². The second-order valence-electron chi connectivity index (χ2n) is 6.22. The zero-order valence-electron chi connectivity index (χ0n) is 14.4. The molecule has 0 unspecified atom stereocenters. The number of carbonyl (C=O) groups excluding carboxylic acids is 1.